The van der Waals surface area contributed by atoms with Crippen LogP contribution in [-0.4, -0.2) is 340 Å². The molecule has 0 aliphatic carbocycles. The van der Waals surface area contributed by atoms with E-state index in [1.807, 2.05) is 0 Å². The molecule has 6 aliphatic rings. The van der Waals surface area contributed by atoms with Gasteiger partial charge in [0.1, 0.15) is 54.9 Å². The lowest BCUT2D eigenvalue weighted by Crippen LogP contribution is -2.63. The summed E-state index contributed by atoms with van der Waals surface area (Å²) in [4.78, 5) is 148. The summed E-state index contributed by atoms with van der Waals surface area (Å²) in [6, 6.07) is 3.49. The van der Waals surface area contributed by atoms with Crippen LogP contribution in [0.3, 0.4) is 0 Å². The average molecular weight is 2050 g/mol. The van der Waals surface area contributed by atoms with Gasteiger partial charge < -0.3 is 240 Å². The zero-order valence-corrected chi connectivity index (χ0v) is 71.7. The van der Waals surface area contributed by atoms with Crippen molar-refractivity contribution in [1.82, 2.24) is 0 Å². The minimum absolute atomic E-state index is 0.136. The Morgan fingerprint density at radius 1 is 0.288 bits per heavy atom. The van der Waals surface area contributed by atoms with Crippen molar-refractivity contribution in [3.05, 3.63) is 128 Å². The van der Waals surface area contributed by atoms with Gasteiger partial charge in [-0.2, -0.15) is 0 Å². The number of carbonyl (C=O) groups excluding carboxylic acids is 10. The Morgan fingerprint density at radius 3 is 1.01 bits per heavy atom. The zero-order chi connectivity index (χ0) is 106. The standard InChI is InChI=1S/C88H66O58/c89-13-38-70(72-74(87(131)136-38)144-82(126)21-8-33(97)50(103)58(111)42(21)41-19(80(124)142-72)6-31(95)49(102)57(41)110)140-85(129)25-10-35(99)54(107)64(117)68(25)134-36-11-22-45(61(114)55(36)108)43-18(5-30(94)51(104)59(43)112)79(123)141-71-40(15-133-78(22)122)138-88(146-77(121)17-3-28(92)48(101)29(93)4-17)75-73(71)143-81(125)20-7-32(96)52(105)60(113)44(20)46-23(83(127)145-75)12-37(56(109)62(46)115)135-67-24(9-34(98)53(106)63(67)116)84(128)139-69-39(137-86(130)66(119)65(69)118)14-132-76(120)16-1-26(90)47(100)27(91)2-16/h1-12,38-40,65-66,69-75,86-119,130-131H,13-15H2/t38-,39-,40-,65-,66-,69-,70-,71-,72+,73+,74-,75-,86?,87?,88+/m1/s1. The van der Waals surface area contributed by atoms with Crippen molar-refractivity contribution in [2.75, 3.05) is 19.8 Å². The molecule has 0 radical (unpaired) electrons. The number of cyclic esters (lactones) is 1. The summed E-state index contributed by atoms with van der Waals surface area (Å²) < 4.78 is 83.9. The fourth-order valence-corrected chi connectivity index (χ4v) is 16.0. The number of esters is 10. The maximum atomic E-state index is 15.8. The predicted octanol–water partition coefficient (Wildman–Crippen LogP) is 0.892. The summed E-state index contributed by atoms with van der Waals surface area (Å²) in [6.07, 6.45) is -39.6. The van der Waals surface area contributed by atoms with E-state index in [0.717, 1.165) is 0 Å². The van der Waals surface area contributed by atoms with E-state index >= 15 is 24.0 Å². The van der Waals surface area contributed by atoms with E-state index in [9.17, 15) is 192 Å². The van der Waals surface area contributed by atoms with E-state index < -0.39 is 445 Å². The number of hydrogen-bond acceptors (Lipinski definition) is 58. The van der Waals surface area contributed by atoms with Gasteiger partial charge in [0, 0.05) is 57.6 Å². The highest BCUT2D eigenvalue weighted by atomic mass is 16.8. The molecule has 0 aromatic heterocycles. The minimum Gasteiger partial charge on any atom is -0.504 e. The molecule has 33 N–H and O–H groups in total. The van der Waals surface area contributed by atoms with Crippen molar-refractivity contribution in [3.63, 3.8) is 0 Å². The smallest absolute Gasteiger partial charge is 0.342 e. The van der Waals surface area contributed by atoms with Gasteiger partial charge in [0.15, 0.2) is 176 Å². The molecule has 0 saturated carbocycles. The van der Waals surface area contributed by atoms with Crippen LogP contribution in [0.4, 0.5) is 0 Å². The molecular formula is C88H66O58. The van der Waals surface area contributed by atoms with Crippen molar-refractivity contribution >= 4 is 59.7 Å². The highest BCUT2D eigenvalue weighted by Crippen LogP contribution is 2.61. The third kappa shape index (κ3) is 16.8. The Morgan fingerprint density at radius 2 is 0.610 bits per heavy atom. The molecule has 58 nitrogen and oxygen atoms in total. The van der Waals surface area contributed by atoms with Crippen LogP contribution in [-0.2, 0) is 61.6 Å². The van der Waals surface area contributed by atoms with Gasteiger partial charge in [-0.15, -0.1) is 0 Å². The molecule has 766 valence electrons. The Hall–Kier alpha value is -19.4. The zero-order valence-electron chi connectivity index (χ0n) is 71.7. The molecule has 15 atom stereocenters. The molecule has 10 aromatic rings. The molecule has 2 unspecified atom stereocenters. The van der Waals surface area contributed by atoms with E-state index in [4.69, 9.17) is 71.1 Å². The van der Waals surface area contributed by atoms with E-state index in [1.165, 1.54) is 0 Å². The lowest BCUT2D eigenvalue weighted by atomic mass is 9.90. The van der Waals surface area contributed by atoms with Crippen LogP contribution >= 0.6 is 0 Å². The van der Waals surface area contributed by atoms with Crippen molar-refractivity contribution in [3.8, 4) is 217 Å². The summed E-state index contributed by atoms with van der Waals surface area (Å²) in [5.74, 6) is -70.4. The summed E-state index contributed by atoms with van der Waals surface area (Å²) in [6.45, 7) is -4.45. The van der Waals surface area contributed by atoms with Crippen LogP contribution in [0.1, 0.15) is 104 Å². The second-order valence-corrected chi connectivity index (χ2v) is 31.9. The highest BCUT2D eigenvalue weighted by molar-refractivity contribution is 6.12. The summed E-state index contributed by atoms with van der Waals surface area (Å²) in [5.41, 5.74) is -21.5. The summed E-state index contributed by atoms with van der Waals surface area (Å²) >= 11 is 0. The molecule has 6 heterocycles. The molecule has 0 amide bonds. The molecule has 0 spiro atoms. The number of rotatable bonds is 14. The molecular weight excluding hydrogens is 1980 g/mol. The van der Waals surface area contributed by atoms with Crippen LogP contribution < -0.4 is 9.47 Å². The van der Waals surface area contributed by atoms with E-state index in [1.54, 1.807) is 0 Å². The van der Waals surface area contributed by atoms with Crippen molar-refractivity contribution in [1.29, 1.82) is 0 Å². The van der Waals surface area contributed by atoms with Gasteiger partial charge in [-0.3, -0.25) is 0 Å². The van der Waals surface area contributed by atoms with Gasteiger partial charge in [-0.25, -0.2) is 47.9 Å². The predicted molar refractivity (Wildman–Crippen MR) is 448 cm³/mol. The number of ether oxygens (including phenoxy) is 15. The number of fused-ring (bicyclic) bond motifs is 13. The first kappa shape index (κ1) is 99.6. The Labute approximate surface area is 802 Å². The molecule has 10 aromatic carbocycles. The molecule has 3 fully saturated rings. The number of aliphatic hydroxyl groups is 5. The quantitative estimate of drug-likeness (QED) is 0.0408. The Kier molecular flexibility index (Phi) is 25.2. The van der Waals surface area contributed by atoms with Crippen LogP contribution in [0.25, 0.3) is 33.4 Å². The monoisotopic (exact) mass is 2050 g/mol. The van der Waals surface area contributed by atoms with Crippen LogP contribution in [0.15, 0.2) is 72.8 Å². The second kappa shape index (κ2) is 37.0. The van der Waals surface area contributed by atoms with Gasteiger partial charge in [-0.1, -0.05) is 0 Å². The normalized spacial score (nSPS) is 22.1. The second-order valence-electron chi connectivity index (χ2n) is 31.9. The fourth-order valence-electron chi connectivity index (χ4n) is 16.0. The SMILES string of the molecule is O=C(OC[C@H]1OC(O)[C@H](O)[C@@H](O)[C@@H]1OC(=O)c1cc(O)c(O)c(O)c1Oc1cc2c(c(O)c1O)-c1c(cc(O)c(O)c1O)C(=O)O[C@@H]1[C@@H](OC2=O)[C@H](OC(=O)c2cc(O)c(O)c(O)c2)O[C@@H]2COC(=O)c3cc(Oc4c(C(=O)O[C@H]5[C@@H]6OC(=O)c7cc(O)c(O)c(O)c7-c7c(cc(O)c(O)c7O)C(=O)O[C@H]6C(O)O[C@@H]5CO)cc(O)c(O)c4O)c(O)c(O)c3-c3c(cc(O)c(O)c3O)C(=O)O[C@@H]12)c1cc(O)c(O)c(O)c1. The molecule has 3 saturated heterocycles. The van der Waals surface area contributed by atoms with Gasteiger partial charge in [0.05, 0.1) is 51.1 Å². The molecule has 0 bridgehead atoms. The third-order valence-corrected chi connectivity index (χ3v) is 23.2. The topological polar surface area (TPSA) is 977 Å². The Bertz CT molecular complexity index is 7260. The summed E-state index contributed by atoms with van der Waals surface area (Å²) in [5, 5.41) is 366. The summed E-state index contributed by atoms with van der Waals surface area (Å²) in [7, 11) is 0. The number of aromatic hydroxyl groups is 28. The lowest BCUT2D eigenvalue weighted by molar-refractivity contribution is -0.285. The fraction of sp³-hybridized carbons (Fsp3) is 0.205. The van der Waals surface area contributed by atoms with Gasteiger partial charge in [-0.05, 0) is 48.5 Å². The maximum Gasteiger partial charge on any atom is 0.342 e. The number of benzene rings is 10. The first-order valence-corrected chi connectivity index (χ1v) is 40.8. The number of hydrogen-bond donors (Lipinski definition) is 33. The third-order valence-electron chi connectivity index (χ3n) is 23.2. The van der Waals surface area contributed by atoms with Crippen molar-refractivity contribution in [2.45, 2.75) is 92.1 Å². The number of phenolic OH excluding ortho intramolecular Hbond substituents is 28. The number of carbonyl (C=O) groups is 10. The van der Waals surface area contributed by atoms with Crippen molar-refractivity contribution < 1.29 is 288 Å². The first-order valence-electron chi connectivity index (χ1n) is 40.8. The minimum atomic E-state index is -3.06. The first-order chi connectivity index (χ1) is 68.7. The van der Waals surface area contributed by atoms with E-state index in [2.05, 4.69) is 0 Å². The van der Waals surface area contributed by atoms with Crippen LogP contribution in [0.2, 0.25) is 0 Å². The molecule has 16 rings (SSSR count). The number of aliphatic hydroxyl groups excluding tert-OH is 5. The molecule has 6 aliphatic heterocycles. The largest absolute Gasteiger partial charge is 0.504 e. The van der Waals surface area contributed by atoms with Crippen LogP contribution in [0, 0.1) is 0 Å². The van der Waals surface area contributed by atoms with E-state index in [-0.39, 0.29) is 36.4 Å². The van der Waals surface area contributed by atoms with E-state index in [0.29, 0.717) is 36.4 Å². The highest BCUT2D eigenvalue weighted by Gasteiger charge is 2.59. The van der Waals surface area contributed by atoms with Gasteiger partial charge in [0.25, 0.3) is 0 Å². The van der Waals surface area contributed by atoms with Gasteiger partial charge in [0.2, 0.25) is 69.9 Å². The van der Waals surface area contributed by atoms with Crippen molar-refractivity contribution in [2.24, 2.45) is 0 Å². The lowest BCUT2D eigenvalue weighted by Gasteiger charge is -2.44. The average Bonchev–Trinajstić information content (AvgIpc) is 0.927. The molecule has 58 heteroatoms. The molecule has 146 heavy (non-hydrogen) atoms. The van der Waals surface area contributed by atoms with Gasteiger partial charge >= 0.3 is 59.7 Å². The maximum absolute atomic E-state index is 15.8. The van der Waals surface area contributed by atoms with Crippen LogP contribution in [0.5, 0.6) is 184 Å². The number of phenols is 28. The Balaban J connectivity index is 0.780.